The number of benzene rings is 2. The van der Waals surface area contributed by atoms with E-state index in [0.717, 1.165) is 17.6 Å². The molecule has 2 aliphatic rings. The minimum atomic E-state index is -1.09. The van der Waals surface area contributed by atoms with Crippen LogP contribution in [0.1, 0.15) is 109 Å². The van der Waals surface area contributed by atoms with E-state index in [9.17, 15) is 14.4 Å². The summed E-state index contributed by atoms with van der Waals surface area (Å²) in [5.41, 5.74) is 1.52. The van der Waals surface area contributed by atoms with Crippen LogP contribution in [-0.4, -0.2) is 53.0 Å². The lowest BCUT2D eigenvalue weighted by Gasteiger charge is -2.30. The molecule has 0 heterocycles. The predicted octanol–water partition coefficient (Wildman–Crippen LogP) is 7.10. The molecule has 0 bridgehead atoms. The third-order valence-electron chi connectivity index (χ3n) is 8.19. The summed E-state index contributed by atoms with van der Waals surface area (Å²) in [4.78, 5) is 35.9. The van der Waals surface area contributed by atoms with E-state index in [1.807, 2.05) is 30.3 Å². The summed E-state index contributed by atoms with van der Waals surface area (Å²) in [5, 5.41) is 15.3. The van der Waals surface area contributed by atoms with E-state index in [-0.39, 0.29) is 19.6 Å². The number of carboxylic acids is 1. The molecule has 9 heteroatoms. The van der Waals surface area contributed by atoms with Crippen LogP contribution in [0.15, 0.2) is 54.6 Å². The van der Waals surface area contributed by atoms with Crippen LogP contribution in [0.25, 0.3) is 0 Å². The molecule has 2 aromatic carbocycles. The molecular formula is C37H54N2O7. The van der Waals surface area contributed by atoms with E-state index in [4.69, 9.17) is 19.3 Å². The molecule has 0 aromatic heterocycles. The van der Waals surface area contributed by atoms with E-state index in [1.165, 1.54) is 64.2 Å². The summed E-state index contributed by atoms with van der Waals surface area (Å²) in [5.74, 6) is -1.59. The number of aliphatic carboxylic acids is 1. The third kappa shape index (κ3) is 14.8. The fraction of sp³-hybridized carbons (Fsp3) is 0.595. The van der Waals surface area contributed by atoms with Crippen LogP contribution >= 0.6 is 0 Å². The Labute approximate surface area is 274 Å². The second-order valence-electron chi connectivity index (χ2n) is 13.5. The van der Waals surface area contributed by atoms with Crippen LogP contribution in [0.3, 0.4) is 0 Å². The maximum atomic E-state index is 12.8. The molecule has 1 unspecified atom stereocenters. The van der Waals surface area contributed by atoms with Crippen molar-refractivity contribution >= 4 is 18.0 Å². The van der Waals surface area contributed by atoms with Crippen molar-refractivity contribution in [1.29, 1.82) is 0 Å². The molecule has 2 aromatic rings. The molecule has 2 saturated carbocycles. The Morgan fingerprint density at radius 1 is 0.783 bits per heavy atom. The molecular weight excluding hydrogens is 584 g/mol. The number of amides is 1. The van der Waals surface area contributed by atoms with E-state index < -0.39 is 35.8 Å². The van der Waals surface area contributed by atoms with Crippen molar-refractivity contribution in [2.45, 2.75) is 141 Å². The fourth-order valence-corrected chi connectivity index (χ4v) is 5.74. The number of alkyl carbamates (subject to hydrolysis) is 1. The Balaban J connectivity index is 0.000000365. The number of esters is 1. The molecule has 3 N–H and O–H groups in total. The van der Waals surface area contributed by atoms with Gasteiger partial charge in [-0.1, -0.05) is 93.1 Å². The van der Waals surface area contributed by atoms with Crippen LogP contribution in [0.5, 0.6) is 0 Å². The minimum absolute atomic E-state index is 0.0376. The highest BCUT2D eigenvalue weighted by Crippen LogP contribution is 2.22. The van der Waals surface area contributed by atoms with Gasteiger partial charge in [-0.25, -0.2) is 9.59 Å². The average Bonchev–Trinajstić information content (AvgIpc) is 3.03. The monoisotopic (exact) mass is 638 g/mol. The van der Waals surface area contributed by atoms with Crippen molar-refractivity contribution < 1.29 is 33.7 Å². The van der Waals surface area contributed by atoms with E-state index >= 15 is 0 Å². The first-order chi connectivity index (χ1) is 22.0. The summed E-state index contributed by atoms with van der Waals surface area (Å²) in [6.07, 6.45) is 13.0. The van der Waals surface area contributed by atoms with Crippen LogP contribution in [-0.2, 0) is 43.4 Å². The number of carbonyl (C=O) groups is 3. The molecule has 0 saturated heterocycles. The lowest BCUT2D eigenvalue weighted by molar-refractivity contribution is -0.152. The first-order valence-electron chi connectivity index (χ1n) is 16.9. The molecule has 0 radical (unpaired) electrons. The standard InChI is InChI=1S/C25H31NO7.C12H23N/c1-17(31-15-19-8-6-5-7-9-19)22(26-24(30)33-25(2,3)4)23(29)32-16-20-12-10-18(11-13-20)14-21(27)28;1-3-7-11(8-4-1)13-12-9-5-2-6-10-12/h5-13,17,22H,14-16H2,1-4H3,(H,26,30)(H,27,28);11-13H,1-10H2/t17?,22-;/m0./s1. The van der Waals surface area contributed by atoms with Crippen LogP contribution < -0.4 is 10.6 Å². The van der Waals surface area contributed by atoms with E-state index in [2.05, 4.69) is 10.6 Å². The number of hydrogen-bond acceptors (Lipinski definition) is 7. The maximum Gasteiger partial charge on any atom is 0.408 e. The molecule has 9 nitrogen and oxygen atoms in total. The van der Waals surface area contributed by atoms with Crippen molar-refractivity contribution in [2.24, 2.45) is 0 Å². The van der Waals surface area contributed by atoms with Crippen molar-refractivity contribution in [3.8, 4) is 0 Å². The van der Waals surface area contributed by atoms with Crippen molar-refractivity contribution in [1.82, 2.24) is 10.6 Å². The predicted molar refractivity (Wildman–Crippen MR) is 178 cm³/mol. The third-order valence-corrected chi connectivity index (χ3v) is 8.19. The number of nitrogens with one attached hydrogen (secondary N) is 2. The van der Waals surface area contributed by atoms with Gasteiger partial charge in [0.15, 0.2) is 6.04 Å². The summed E-state index contributed by atoms with van der Waals surface area (Å²) < 4.78 is 16.5. The molecule has 4 rings (SSSR count). The first-order valence-corrected chi connectivity index (χ1v) is 16.9. The SMILES string of the molecule is C1CCC(NC2CCCCC2)CC1.CC(OCc1ccccc1)[C@H](NC(=O)OC(C)(C)C)C(=O)OCc1ccc(CC(=O)O)cc1. The van der Waals surface area contributed by atoms with Gasteiger partial charge in [0.05, 0.1) is 19.1 Å². The number of ether oxygens (including phenoxy) is 3. The average molecular weight is 639 g/mol. The number of hydrogen-bond donors (Lipinski definition) is 3. The fourth-order valence-electron chi connectivity index (χ4n) is 5.74. The second kappa shape index (κ2) is 19.3. The zero-order valence-corrected chi connectivity index (χ0v) is 28.1. The Bertz CT molecular complexity index is 1170. The molecule has 0 aliphatic heterocycles. The van der Waals surface area contributed by atoms with Crippen molar-refractivity contribution in [3.05, 3.63) is 71.3 Å². The Hall–Kier alpha value is -3.43. The summed E-state index contributed by atoms with van der Waals surface area (Å²) >= 11 is 0. The van der Waals surface area contributed by atoms with Gasteiger partial charge in [0.25, 0.3) is 0 Å². The minimum Gasteiger partial charge on any atom is -0.481 e. The highest BCUT2D eigenvalue weighted by atomic mass is 16.6. The Kier molecular flexibility index (Phi) is 15.5. The van der Waals surface area contributed by atoms with Crippen molar-refractivity contribution in [2.75, 3.05) is 0 Å². The molecule has 2 aliphatic carbocycles. The number of carboxylic acid groups (broad SMARTS) is 1. The van der Waals surface area contributed by atoms with Crippen LogP contribution in [0.2, 0.25) is 0 Å². The lowest BCUT2D eigenvalue weighted by atomic mass is 9.91. The first kappa shape index (κ1) is 37.0. The molecule has 254 valence electrons. The summed E-state index contributed by atoms with van der Waals surface area (Å²) in [6.45, 7) is 7.07. The largest absolute Gasteiger partial charge is 0.481 e. The van der Waals surface area contributed by atoms with Gasteiger partial charge in [0.2, 0.25) is 0 Å². The van der Waals surface area contributed by atoms with Crippen molar-refractivity contribution in [3.63, 3.8) is 0 Å². The molecule has 1 amide bonds. The zero-order chi connectivity index (χ0) is 33.4. The number of carbonyl (C=O) groups excluding carboxylic acids is 2. The molecule has 2 atom stereocenters. The Morgan fingerprint density at radius 3 is 1.83 bits per heavy atom. The second-order valence-corrected chi connectivity index (χ2v) is 13.5. The number of rotatable bonds is 12. The van der Waals surface area contributed by atoms with E-state index in [0.29, 0.717) is 11.1 Å². The van der Waals surface area contributed by atoms with Gasteiger partial charge in [0, 0.05) is 12.1 Å². The van der Waals surface area contributed by atoms with Gasteiger partial charge >= 0.3 is 18.0 Å². The van der Waals surface area contributed by atoms with Crippen LogP contribution in [0, 0.1) is 0 Å². The highest BCUT2D eigenvalue weighted by molar-refractivity contribution is 5.82. The maximum absolute atomic E-state index is 12.8. The topological polar surface area (TPSA) is 123 Å². The molecule has 46 heavy (non-hydrogen) atoms. The zero-order valence-electron chi connectivity index (χ0n) is 28.1. The van der Waals surface area contributed by atoms with Gasteiger partial charge in [-0.15, -0.1) is 0 Å². The lowest BCUT2D eigenvalue weighted by Crippen LogP contribution is -2.50. The van der Waals surface area contributed by atoms with Gasteiger partial charge in [-0.05, 0) is 70.1 Å². The normalized spacial score (nSPS) is 17.1. The molecule has 0 spiro atoms. The van der Waals surface area contributed by atoms with Gasteiger partial charge in [0.1, 0.15) is 12.2 Å². The Morgan fingerprint density at radius 2 is 1.30 bits per heavy atom. The van der Waals surface area contributed by atoms with Gasteiger partial charge in [-0.3, -0.25) is 4.79 Å². The summed E-state index contributed by atoms with van der Waals surface area (Å²) in [6, 6.07) is 16.8. The molecule has 2 fully saturated rings. The van der Waals surface area contributed by atoms with E-state index in [1.54, 1.807) is 52.0 Å². The summed E-state index contributed by atoms with van der Waals surface area (Å²) in [7, 11) is 0. The quantitative estimate of drug-likeness (QED) is 0.211. The van der Waals surface area contributed by atoms with Crippen LogP contribution in [0.4, 0.5) is 4.79 Å². The highest BCUT2D eigenvalue weighted by Gasteiger charge is 2.31. The van der Waals surface area contributed by atoms with Gasteiger partial charge < -0.3 is 30.0 Å². The van der Waals surface area contributed by atoms with Gasteiger partial charge in [-0.2, -0.15) is 0 Å². The smallest absolute Gasteiger partial charge is 0.408 e.